The van der Waals surface area contributed by atoms with Crippen LogP contribution in [0.3, 0.4) is 0 Å². The molecule has 0 aliphatic rings. The lowest BCUT2D eigenvalue weighted by atomic mass is 10.1. The van der Waals surface area contributed by atoms with Crippen LogP contribution in [-0.2, 0) is 17.9 Å². The van der Waals surface area contributed by atoms with Crippen LogP contribution in [0, 0.1) is 17.1 Å². The first-order chi connectivity index (χ1) is 15.1. The Kier molecular flexibility index (Phi) is 7.39. The van der Waals surface area contributed by atoms with Gasteiger partial charge in [-0.2, -0.15) is 5.26 Å². The van der Waals surface area contributed by atoms with Crippen LogP contribution in [0.15, 0.2) is 78.4 Å². The highest BCUT2D eigenvalue weighted by Gasteiger charge is 2.09. The summed E-state index contributed by atoms with van der Waals surface area (Å²) in [7, 11) is 1.59. The van der Waals surface area contributed by atoms with Crippen LogP contribution in [0.2, 0.25) is 0 Å². The van der Waals surface area contributed by atoms with E-state index in [4.69, 9.17) is 9.47 Å². The molecule has 0 heterocycles. The van der Waals surface area contributed by atoms with Gasteiger partial charge in [0.25, 0.3) is 5.91 Å². The van der Waals surface area contributed by atoms with Gasteiger partial charge in [-0.25, -0.2) is 4.39 Å². The fourth-order valence-electron chi connectivity index (χ4n) is 2.74. The number of amides is 1. The third-order valence-corrected chi connectivity index (χ3v) is 4.49. The van der Waals surface area contributed by atoms with Crippen molar-refractivity contribution in [3.8, 4) is 17.6 Å². The fraction of sp³-hybridized carbons (Fsp3) is 0.120. The van der Waals surface area contributed by atoms with Gasteiger partial charge >= 0.3 is 0 Å². The Balaban J connectivity index is 1.57. The highest BCUT2D eigenvalue weighted by molar-refractivity contribution is 6.01. The molecule has 0 spiro atoms. The lowest BCUT2D eigenvalue weighted by Crippen LogP contribution is -2.23. The normalized spacial score (nSPS) is 10.8. The number of carbonyl (C=O) groups is 1. The minimum absolute atomic E-state index is 0.00786. The van der Waals surface area contributed by atoms with Gasteiger partial charge in [0.2, 0.25) is 0 Å². The molecule has 0 bridgehead atoms. The van der Waals surface area contributed by atoms with E-state index in [9.17, 15) is 14.4 Å². The first kappa shape index (κ1) is 21.6. The lowest BCUT2D eigenvalue weighted by Gasteiger charge is -2.07. The van der Waals surface area contributed by atoms with Crippen molar-refractivity contribution >= 4 is 12.0 Å². The molecule has 1 amide bonds. The molecule has 156 valence electrons. The molecular formula is C25H21FN2O3. The summed E-state index contributed by atoms with van der Waals surface area (Å²) >= 11 is 0. The lowest BCUT2D eigenvalue weighted by molar-refractivity contribution is -0.117. The summed E-state index contributed by atoms with van der Waals surface area (Å²) in [5.74, 6) is 0.623. The number of nitrogens with zero attached hydrogens (tertiary/aromatic N) is 1. The van der Waals surface area contributed by atoms with Crippen LogP contribution in [0.1, 0.15) is 16.7 Å². The third-order valence-electron chi connectivity index (χ3n) is 4.49. The van der Waals surface area contributed by atoms with Crippen LogP contribution in [-0.4, -0.2) is 13.0 Å². The summed E-state index contributed by atoms with van der Waals surface area (Å²) < 4.78 is 23.7. The van der Waals surface area contributed by atoms with Gasteiger partial charge in [-0.05, 0) is 59.2 Å². The molecule has 3 aromatic rings. The Labute approximate surface area is 180 Å². The second-order valence-corrected chi connectivity index (χ2v) is 6.68. The number of hydrogen-bond donors (Lipinski definition) is 1. The molecule has 0 unspecified atom stereocenters. The molecule has 0 saturated carbocycles. The monoisotopic (exact) mass is 416 g/mol. The predicted octanol–water partition coefficient (Wildman–Crippen LogP) is 4.64. The zero-order chi connectivity index (χ0) is 22.1. The molecule has 0 radical (unpaired) electrons. The smallest absolute Gasteiger partial charge is 0.262 e. The van der Waals surface area contributed by atoms with E-state index in [-0.39, 0.29) is 11.4 Å². The molecule has 0 fully saturated rings. The van der Waals surface area contributed by atoms with E-state index in [2.05, 4.69) is 5.32 Å². The van der Waals surface area contributed by atoms with E-state index in [1.807, 2.05) is 30.3 Å². The first-order valence-corrected chi connectivity index (χ1v) is 9.57. The molecule has 5 nitrogen and oxygen atoms in total. The second kappa shape index (κ2) is 10.6. The number of carbonyl (C=O) groups excluding carboxylic acids is 1. The number of ether oxygens (including phenoxy) is 2. The van der Waals surface area contributed by atoms with Crippen molar-refractivity contribution in [2.75, 3.05) is 7.11 Å². The highest BCUT2D eigenvalue weighted by Crippen LogP contribution is 2.17. The van der Waals surface area contributed by atoms with Gasteiger partial charge in [0.1, 0.15) is 35.6 Å². The van der Waals surface area contributed by atoms with Crippen LogP contribution in [0.5, 0.6) is 11.5 Å². The summed E-state index contributed by atoms with van der Waals surface area (Å²) in [6.45, 7) is 0.616. The largest absolute Gasteiger partial charge is 0.497 e. The van der Waals surface area contributed by atoms with E-state index in [0.29, 0.717) is 24.5 Å². The minimum Gasteiger partial charge on any atom is -0.497 e. The topological polar surface area (TPSA) is 71.3 Å². The number of nitrogens with one attached hydrogen (secondary N) is 1. The van der Waals surface area contributed by atoms with Crippen molar-refractivity contribution in [2.24, 2.45) is 0 Å². The SMILES string of the molecule is COc1ccc(CNC(=O)C(C#N)=Cc2ccc(OCc3ccc(F)cc3)cc2)cc1. The Bertz CT molecular complexity index is 1080. The van der Waals surface area contributed by atoms with Crippen molar-refractivity contribution in [1.82, 2.24) is 5.32 Å². The van der Waals surface area contributed by atoms with Crippen LogP contribution in [0.25, 0.3) is 6.08 Å². The maximum atomic E-state index is 12.9. The Morgan fingerprint density at radius 2 is 1.58 bits per heavy atom. The zero-order valence-corrected chi connectivity index (χ0v) is 17.0. The molecule has 31 heavy (non-hydrogen) atoms. The number of benzene rings is 3. The molecule has 0 aromatic heterocycles. The number of hydrogen-bond acceptors (Lipinski definition) is 4. The van der Waals surface area contributed by atoms with Gasteiger partial charge in [0.05, 0.1) is 7.11 Å². The molecule has 6 heteroatoms. The molecule has 0 saturated heterocycles. The standard InChI is InChI=1S/C25H21FN2O3/c1-30-23-10-6-19(7-11-23)16-28-25(29)21(15-27)14-18-4-12-24(13-5-18)31-17-20-2-8-22(26)9-3-20/h2-14H,16-17H2,1H3,(H,28,29). The van der Waals surface area contributed by atoms with E-state index in [1.54, 1.807) is 43.5 Å². The summed E-state index contributed by atoms with van der Waals surface area (Å²) in [6.07, 6.45) is 1.52. The van der Waals surface area contributed by atoms with Gasteiger partial charge in [-0.1, -0.05) is 36.4 Å². The number of nitriles is 1. The van der Waals surface area contributed by atoms with E-state index >= 15 is 0 Å². The molecule has 0 aliphatic carbocycles. The maximum absolute atomic E-state index is 12.9. The number of rotatable bonds is 8. The van der Waals surface area contributed by atoms with Crippen molar-refractivity contribution in [1.29, 1.82) is 5.26 Å². The molecule has 3 rings (SSSR count). The average molecular weight is 416 g/mol. The van der Waals surface area contributed by atoms with E-state index in [0.717, 1.165) is 16.9 Å². The Morgan fingerprint density at radius 3 is 2.19 bits per heavy atom. The Hall–Kier alpha value is -4.11. The molecular weight excluding hydrogens is 395 g/mol. The first-order valence-electron chi connectivity index (χ1n) is 9.57. The third kappa shape index (κ3) is 6.44. The van der Waals surface area contributed by atoms with Gasteiger partial charge in [-0.3, -0.25) is 4.79 Å². The fourth-order valence-corrected chi connectivity index (χ4v) is 2.74. The number of halogens is 1. The van der Waals surface area contributed by atoms with Crippen LogP contribution < -0.4 is 14.8 Å². The zero-order valence-electron chi connectivity index (χ0n) is 17.0. The summed E-state index contributed by atoms with van der Waals surface area (Å²) in [6, 6.07) is 22.4. The Morgan fingerprint density at radius 1 is 0.968 bits per heavy atom. The average Bonchev–Trinajstić information content (AvgIpc) is 2.81. The quantitative estimate of drug-likeness (QED) is 0.429. The van der Waals surface area contributed by atoms with Gasteiger partial charge in [0.15, 0.2) is 0 Å². The van der Waals surface area contributed by atoms with Gasteiger partial charge in [-0.15, -0.1) is 0 Å². The summed E-state index contributed by atoms with van der Waals surface area (Å²) in [5.41, 5.74) is 2.46. The van der Waals surface area contributed by atoms with Crippen molar-refractivity contribution < 1.29 is 18.7 Å². The van der Waals surface area contributed by atoms with Crippen LogP contribution >= 0.6 is 0 Å². The van der Waals surface area contributed by atoms with E-state index in [1.165, 1.54) is 18.2 Å². The van der Waals surface area contributed by atoms with Gasteiger partial charge in [0, 0.05) is 6.54 Å². The second-order valence-electron chi connectivity index (χ2n) is 6.68. The van der Waals surface area contributed by atoms with Crippen molar-refractivity contribution in [3.05, 3.63) is 101 Å². The molecule has 0 atom stereocenters. The maximum Gasteiger partial charge on any atom is 0.262 e. The highest BCUT2D eigenvalue weighted by atomic mass is 19.1. The molecule has 0 aliphatic heterocycles. The summed E-state index contributed by atoms with van der Waals surface area (Å²) in [4.78, 5) is 12.3. The van der Waals surface area contributed by atoms with Gasteiger partial charge < -0.3 is 14.8 Å². The summed E-state index contributed by atoms with van der Waals surface area (Å²) in [5, 5.41) is 12.1. The van der Waals surface area contributed by atoms with Crippen molar-refractivity contribution in [2.45, 2.75) is 13.2 Å². The predicted molar refractivity (Wildman–Crippen MR) is 116 cm³/mol. The minimum atomic E-state index is -0.449. The number of methoxy groups -OCH3 is 1. The van der Waals surface area contributed by atoms with Crippen LogP contribution in [0.4, 0.5) is 4.39 Å². The van der Waals surface area contributed by atoms with E-state index < -0.39 is 5.91 Å². The van der Waals surface area contributed by atoms with Crippen molar-refractivity contribution in [3.63, 3.8) is 0 Å². The molecule has 1 N–H and O–H groups in total. The molecule has 3 aromatic carbocycles.